The first kappa shape index (κ1) is 120. The summed E-state index contributed by atoms with van der Waals surface area (Å²) in [6.07, 6.45) is -104. The maximum atomic E-state index is 13.4. The number of nitrogens with one attached hydrogen (secondary N) is 7. The summed E-state index contributed by atoms with van der Waals surface area (Å²) in [7, 11) is 0. The molecule has 10 saturated heterocycles. The minimum atomic E-state index is -2.77. The Labute approximate surface area is 828 Å². The molecule has 11 heterocycles. The standard InChI is InChI=1S/C83H136N8O55/c1-23(101)86-29(11-85-41-9-7-8-10-84-41)47(108)66(30(107)12-92)139-77-45(90-27(5)105)57(118)69(37(19-99)134-77)143-81-65(126)71(144-83-73(146-76-43(88-25(3)103)55(116)49(110)32(14-94)130-76)64(125)70(38(20-100)136-83)140-75-42(87-24(2)102)54(115)48(109)31(13-93)129-75)53(114)40(137-81)22-128-82-72(145-78-46(91-28(6)106)58(119)68(36(18-98)135-78)142-80-63(124)60(121)51(112)34(16-96)132-80)61(122)52(113)39(138-82)21-127-74-44(89-26(4)104)56(117)67(35(17-97)133-74)141-79-62(123)59(120)50(111)33(15-95)131-79/h7-10,29-40,42-83,92-100,107-126H,11-22H2,1-6H3,(H,84,85)(H,86,101)(H,87,102)(H,88,103)(H,89,104)(H,90,105)(H,91,106)/t29-,30+,31+,32+,33+,34+,35+,36+,37+,38+,39+,40+,42+,43+,44+,45+,46+,47+,48+,49+,50-,51-,52+,53+,54+,55+,56+,57+,58+,59-,60-,61-,62+,63+,64-,65-,66+,67+,68+,69+,70+,71-,72-,73-,74+,75-,76-,77-,78-,79-,80-,81-,82-,83+/m0/s1. The lowest BCUT2D eigenvalue weighted by molar-refractivity contribution is -0.403. The fourth-order valence-corrected chi connectivity index (χ4v) is 18.4. The Bertz CT molecular complexity index is 4210. The van der Waals surface area contributed by atoms with Crippen molar-refractivity contribution in [1.82, 2.24) is 36.9 Å². The average Bonchev–Trinajstić information content (AvgIpc) is 0.758. The van der Waals surface area contributed by atoms with Crippen LogP contribution >= 0.6 is 0 Å². The quantitative estimate of drug-likeness (QED) is 0.0289. The van der Waals surface area contributed by atoms with E-state index in [1.807, 2.05) is 0 Å². The number of carbonyl (C=O) groups is 6. The molecule has 0 radical (unpaired) electrons. The number of aliphatic hydroxyl groups is 29. The molecule has 838 valence electrons. The van der Waals surface area contributed by atoms with E-state index in [0.29, 0.717) is 0 Å². The van der Waals surface area contributed by atoms with Crippen molar-refractivity contribution in [3.8, 4) is 0 Å². The predicted molar refractivity (Wildman–Crippen MR) is 460 cm³/mol. The Morgan fingerprint density at radius 1 is 0.301 bits per heavy atom. The van der Waals surface area contributed by atoms with Crippen molar-refractivity contribution in [2.24, 2.45) is 0 Å². The summed E-state index contributed by atoms with van der Waals surface area (Å²) in [5.74, 6) is -5.49. The summed E-state index contributed by atoms with van der Waals surface area (Å²) in [6.45, 7) is -7.86. The number of anilines is 1. The molecule has 146 heavy (non-hydrogen) atoms. The zero-order valence-electron chi connectivity index (χ0n) is 79.0. The molecule has 0 bridgehead atoms. The first-order valence-corrected chi connectivity index (χ1v) is 46.6. The number of nitrogens with zero attached hydrogens (tertiary/aromatic N) is 1. The fourth-order valence-electron chi connectivity index (χ4n) is 18.4. The maximum absolute atomic E-state index is 13.4. The lowest BCUT2D eigenvalue weighted by Gasteiger charge is -2.51. The predicted octanol–water partition coefficient (Wildman–Crippen LogP) is -23.0. The average molecular weight is 2130 g/mol. The summed E-state index contributed by atoms with van der Waals surface area (Å²) in [5.41, 5.74) is 0. The van der Waals surface area contributed by atoms with Gasteiger partial charge in [-0.25, -0.2) is 4.98 Å². The van der Waals surface area contributed by atoms with E-state index in [1.165, 1.54) is 12.3 Å². The molecule has 0 saturated carbocycles. The van der Waals surface area contributed by atoms with Gasteiger partial charge in [0.05, 0.1) is 78.7 Å². The van der Waals surface area contributed by atoms with Gasteiger partial charge in [-0.1, -0.05) is 6.07 Å². The van der Waals surface area contributed by atoms with E-state index in [9.17, 15) is 177 Å². The third-order valence-electron chi connectivity index (χ3n) is 26.0. The number of carbonyl (C=O) groups excluding carboxylic acids is 6. The molecule has 63 heteroatoms. The number of hydrogen-bond donors (Lipinski definition) is 36. The highest BCUT2D eigenvalue weighted by Gasteiger charge is 2.63. The molecule has 0 aromatic carbocycles. The van der Waals surface area contributed by atoms with E-state index in [2.05, 4.69) is 42.2 Å². The summed E-state index contributed by atoms with van der Waals surface area (Å²) >= 11 is 0. The van der Waals surface area contributed by atoms with Crippen LogP contribution < -0.4 is 37.2 Å². The van der Waals surface area contributed by atoms with E-state index >= 15 is 0 Å². The fraction of sp³-hybridized carbons (Fsp3) is 0.867. The molecule has 10 aliphatic rings. The highest BCUT2D eigenvalue weighted by molar-refractivity contribution is 5.75. The third kappa shape index (κ3) is 28.1. The van der Waals surface area contributed by atoms with Gasteiger partial charge >= 0.3 is 0 Å². The number of ether oxygens (including phenoxy) is 20. The number of amides is 6. The van der Waals surface area contributed by atoms with Gasteiger partial charge in [-0.3, -0.25) is 28.8 Å². The molecule has 36 N–H and O–H groups in total. The Balaban J connectivity index is 1.00. The second-order valence-corrected chi connectivity index (χ2v) is 36.5. The number of aromatic nitrogens is 1. The van der Waals surface area contributed by atoms with Gasteiger partial charge in [0.2, 0.25) is 35.4 Å². The van der Waals surface area contributed by atoms with Crippen LogP contribution in [0.1, 0.15) is 41.5 Å². The highest BCUT2D eigenvalue weighted by atomic mass is 16.8. The molecule has 6 amide bonds. The smallest absolute Gasteiger partial charge is 0.217 e. The maximum Gasteiger partial charge on any atom is 0.217 e. The van der Waals surface area contributed by atoms with Gasteiger partial charge in [-0.2, -0.15) is 0 Å². The minimum absolute atomic E-state index is 0.200. The second-order valence-electron chi connectivity index (χ2n) is 36.5. The molecule has 1 aromatic rings. The number of pyridine rings is 1. The van der Waals surface area contributed by atoms with E-state index in [-0.39, 0.29) is 5.82 Å². The van der Waals surface area contributed by atoms with Crippen LogP contribution in [0.4, 0.5) is 5.82 Å². The van der Waals surface area contributed by atoms with Gasteiger partial charge < -0.3 is 280 Å². The SMILES string of the molecule is CC(=O)N[C@H]1[C@H](O[C@@H]([C@H](O)[C@H](CNc2ccccn2)NC(C)=O)[C@H](O)CO)O[C@H](CO)[C@@H](O[C@@H]2O[C@H](CO[C@H]3O[C@H](CO[C@@H]4O[C@H](CO)[C@@H](O[C@@H]5O[C@H](CO)[C@H](O)[C@H](O)[C@H]5O)[C@H](O)[C@H]4NC(C)=O)[C@@H](O)[C@H](O)[C@@H]3O[C@@H]3O[C@H](CO)[C@@H](O[C@@H]4O[C@H](CO)[C@H](O)[C@H](O)[C@H]4O)[C@H](O)[C@H]3NC(C)=O)[C@@H](O)[C@H](O[C@H]3O[C@H](CO)[C@@H](O[C@@H]4O[C@H](CO)[C@@H](O)[C@H](O)[C@H]4NC(C)=O)[C@H](O)[C@@H]3O[C@@H]3O[C@H](CO)[C@@H](O)[C@H](O)[C@H]3NC(C)=O)[C@@H]2O)[C@@H]1O. The van der Waals surface area contributed by atoms with Crippen LogP contribution in [-0.4, -0.2) is 599 Å². The van der Waals surface area contributed by atoms with Crippen LogP contribution in [0, 0.1) is 0 Å². The molecule has 10 aliphatic heterocycles. The van der Waals surface area contributed by atoms with Gasteiger partial charge in [-0.15, -0.1) is 0 Å². The monoisotopic (exact) mass is 2120 g/mol. The molecule has 1 aromatic heterocycles. The Hall–Kier alpha value is -6.19. The van der Waals surface area contributed by atoms with Crippen molar-refractivity contribution in [3.05, 3.63) is 24.4 Å². The first-order valence-electron chi connectivity index (χ1n) is 46.6. The number of aliphatic hydroxyl groups excluding tert-OH is 29. The topological polar surface area (TPSA) is 971 Å². The molecular formula is C83H136N8O55. The van der Waals surface area contributed by atoms with E-state index < -0.39 is 446 Å². The van der Waals surface area contributed by atoms with Crippen LogP contribution in [-0.2, 0) is 124 Å². The molecular weight excluding hydrogens is 1990 g/mol. The third-order valence-corrected chi connectivity index (χ3v) is 26.0. The zero-order valence-corrected chi connectivity index (χ0v) is 79.0. The summed E-state index contributed by atoms with van der Waals surface area (Å²) < 4.78 is 122. The molecule has 54 atom stereocenters. The van der Waals surface area contributed by atoms with Crippen molar-refractivity contribution < 1.29 is 272 Å². The lowest BCUT2D eigenvalue weighted by Crippen LogP contribution is -2.71. The first-order chi connectivity index (χ1) is 69.2. The van der Waals surface area contributed by atoms with Gasteiger partial charge in [0.1, 0.15) is 268 Å². The van der Waals surface area contributed by atoms with E-state index in [4.69, 9.17) is 94.7 Å². The van der Waals surface area contributed by atoms with Crippen molar-refractivity contribution in [2.75, 3.05) is 84.5 Å². The van der Waals surface area contributed by atoms with Crippen LogP contribution in [0.25, 0.3) is 0 Å². The van der Waals surface area contributed by atoms with Gasteiger partial charge in [-0.05, 0) is 12.1 Å². The largest absolute Gasteiger partial charge is 0.394 e. The lowest BCUT2D eigenvalue weighted by atomic mass is 9.94. The molecule has 0 aliphatic carbocycles. The van der Waals surface area contributed by atoms with Crippen LogP contribution in [0.2, 0.25) is 0 Å². The van der Waals surface area contributed by atoms with E-state index in [0.717, 1.165) is 41.5 Å². The van der Waals surface area contributed by atoms with Crippen LogP contribution in [0.3, 0.4) is 0 Å². The zero-order chi connectivity index (χ0) is 107. The Morgan fingerprint density at radius 3 is 1.01 bits per heavy atom. The van der Waals surface area contributed by atoms with Crippen LogP contribution in [0.5, 0.6) is 0 Å². The van der Waals surface area contributed by atoms with Crippen molar-refractivity contribution >= 4 is 41.3 Å². The van der Waals surface area contributed by atoms with Crippen LogP contribution in [0.15, 0.2) is 24.4 Å². The number of hydrogen-bond acceptors (Lipinski definition) is 57. The molecule has 10 fully saturated rings. The normalized spacial score (nSPS) is 44.2. The summed E-state index contributed by atoms with van der Waals surface area (Å²) in [4.78, 5) is 82.5. The highest BCUT2D eigenvalue weighted by Crippen LogP contribution is 2.42. The molecule has 0 unspecified atom stereocenters. The molecule has 63 nitrogen and oxygen atoms in total. The van der Waals surface area contributed by atoms with Crippen molar-refractivity contribution in [3.63, 3.8) is 0 Å². The Morgan fingerprint density at radius 2 is 0.610 bits per heavy atom. The number of rotatable bonds is 43. The molecule has 11 rings (SSSR count). The van der Waals surface area contributed by atoms with E-state index in [1.54, 1.807) is 12.1 Å². The van der Waals surface area contributed by atoms with Crippen molar-refractivity contribution in [2.45, 2.75) is 373 Å². The molecule has 0 spiro atoms. The Kier molecular flexibility index (Phi) is 44.5. The van der Waals surface area contributed by atoms with Gasteiger partial charge in [0, 0.05) is 54.3 Å². The van der Waals surface area contributed by atoms with Gasteiger partial charge in [0.25, 0.3) is 0 Å². The van der Waals surface area contributed by atoms with Gasteiger partial charge in [0.15, 0.2) is 62.9 Å². The summed E-state index contributed by atoms with van der Waals surface area (Å²) in [6, 6.07) is -6.75. The summed E-state index contributed by atoms with van der Waals surface area (Å²) in [5, 5.41) is 348. The minimum Gasteiger partial charge on any atom is -0.394 e. The van der Waals surface area contributed by atoms with Crippen molar-refractivity contribution in [1.29, 1.82) is 0 Å². The second kappa shape index (κ2) is 54.1.